The Morgan fingerprint density at radius 3 is 1.61 bits per heavy atom. The molecule has 0 fully saturated rings. The Labute approximate surface area is 408 Å². The van der Waals surface area contributed by atoms with Crippen LogP contribution in [0.3, 0.4) is 0 Å². The van der Waals surface area contributed by atoms with Crippen molar-refractivity contribution < 1.29 is 4.42 Å². The van der Waals surface area contributed by atoms with Gasteiger partial charge in [0.15, 0.2) is 0 Å². The maximum Gasteiger partial charge on any atom is 0.143 e. The molecule has 0 spiro atoms. The Balaban J connectivity index is 0.990. The van der Waals surface area contributed by atoms with Crippen molar-refractivity contribution >= 4 is 49.8 Å². The second-order valence-corrected chi connectivity index (χ2v) is 19.6. The predicted molar refractivity (Wildman–Crippen MR) is 292 cm³/mol. The minimum Gasteiger partial charge on any atom is -0.455 e. The number of furan rings is 1. The molecule has 1 aromatic heterocycles. The Morgan fingerprint density at radius 2 is 0.871 bits per heavy atom. The first kappa shape index (κ1) is 40.4. The zero-order chi connectivity index (χ0) is 46.6. The number of hydrogen-bond acceptors (Lipinski definition) is 2. The highest BCUT2D eigenvalue weighted by atomic mass is 16.3. The van der Waals surface area contributed by atoms with E-state index in [0.717, 1.165) is 44.6 Å². The van der Waals surface area contributed by atoms with E-state index in [1.54, 1.807) is 0 Å². The van der Waals surface area contributed by atoms with Crippen molar-refractivity contribution in [3.63, 3.8) is 0 Å². The molecular formula is C68H47NO. The lowest BCUT2D eigenvalue weighted by Gasteiger charge is -2.35. The van der Waals surface area contributed by atoms with Crippen LogP contribution in [0.15, 0.2) is 253 Å². The Hall–Kier alpha value is -8.72. The van der Waals surface area contributed by atoms with Gasteiger partial charge in [0.05, 0.1) is 5.41 Å². The normalized spacial score (nSPS) is 13.8. The van der Waals surface area contributed by atoms with Crippen LogP contribution >= 0.6 is 0 Å². The molecule has 2 nitrogen and oxygen atoms in total. The second-order valence-electron chi connectivity index (χ2n) is 19.6. The van der Waals surface area contributed by atoms with Gasteiger partial charge in [-0.2, -0.15) is 0 Å². The molecule has 14 rings (SSSR count). The summed E-state index contributed by atoms with van der Waals surface area (Å²) >= 11 is 0. The van der Waals surface area contributed by atoms with Crippen LogP contribution in [0.25, 0.3) is 77.2 Å². The molecule has 0 saturated heterocycles. The molecule has 0 bridgehead atoms. The van der Waals surface area contributed by atoms with E-state index in [-0.39, 0.29) is 5.41 Å². The predicted octanol–water partition coefficient (Wildman–Crippen LogP) is 18.2. The summed E-state index contributed by atoms with van der Waals surface area (Å²) in [5.74, 6) is 0. The number of fused-ring (bicyclic) bond motifs is 10. The molecule has 1 heterocycles. The zero-order valence-corrected chi connectivity index (χ0v) is 39.0. The van der Waals surface area contributed by atoms with Gasteiger partial charge in [-0.05, 0) is 138 Å². The van der Waals surface area contributed by atoms with Gasteiger partial charge in [0.25, 0.3) is 0 Å². The van der Waals surface area contributed by atoms with E-state index in [2.05, 4.69) is 267 Å². The van der Waals surface area contributed by atoms with Crippen LogP contribution < -0.4 is 4.90 Å². The fourth-order valence-electron chi connectivity index (χ4n) is 12.3. The quantitative estimate of drug-likeness (QED) is 0.158. The topological polar surface area (TPSA) is 16.4 Å². The Bertz CT molecular complexity index is 3970. The monoisotopic (exact) mass is 893 g/mol. The van der Waals surface area contributed by atoms with Crippen molar-refractivity contribution in [1.29, 1.82) is 0 Å². The average Bonchev–Trinajstić information content (AvgIpc) is 4.01. The van der Waals surface area contributed by atoms with Crippen LogP contribution in [0.2, 0.25) is 0 Å². The smallest absolute Gasteiger partial charge is 0.143 e. The van der Waals surface area contributed by atoms with Crippen LogP contribution in [-0.2, 0) is 10.8 Å². The van der Waals surface area contributed by atoms with Crippen LogP contribution in [0.4, 0.5) is 17.1 Å². The van der Waals surface area contributed by atoms with Gasteiger partial charge in [-0.15, -0.1) is 0 Å². The highest BCUT2D eigenvalue weighted by molar-refractivity contribution is 6.19. The number of rotatable bonds is 7. The summed E-state index contributed by atoms with van der Waals surface area (Å²) in [6.07, 6.45) is 0. The van der Waals surface area contributed by atoms with Crippen LogP contribution in [0.1, 0.15) is 47.2 Å². The Morgan fingerprint density at radius 1 is 0.343 bits per heavy atom. The first-order chi connectivity index (χ1) is 34.5. The molecule has 0 unspecified atom stereocenters. The van der Waals surface area contributed by atoms with E-state index in [1.165, 1.54) is 83.1 Å². The molecular weight excluding hydrogens is 847 g/mol. The first-order valence-electron chi connectivity index (χ1n) is 24.4. The van der Waals surface area contributed by atoms with Gasteiger partial charge in [0.1, 0.15) is 11.2 Å². The first-order valence-corrected chi connectivity index (χ1v) is 24.4. The van der Waals surface area contributed by atoms with Crippen molar-refractivity contribution in [2.45, 2.75) is 24.7 Å². The molecule has 2 aliphatic carbocycles. The summed E-state index contributed by atoms with van der Waals surface area (Å²) in [7, 11) is 0. The summed E-state index contributed by atoms with van der Waals surface area (Å²) in [6.45, 7) is 4.71. The van der Waals surface area contributed by atoms with E-state index in [9.17, 15) is 0 Å². The fraction of sp³-hybridized carbons (Fsp3) is 0.0588. The zero-order valence-electron chi connectivity index (χ0n) is 39.0. The molecule has 0 saturated carbocycles. The van der Waals surface area contributed by atoms with E-state index >= 15 is 0 Å². The molecule has 12 aromatic rings. The number of nitrogens with zero attached hydrogens (tertiary/aromatic N) is 1. The van der Waals surface area contributed by atoms with Crippen molar-refractivity contribution in [1.82, 2.24) is 0 Å². The van der Waals surface area contributed by atoms with E-state index in [1.807, 2.05) is 0 Å². The van der Waals surface area contributed by atoms with Gasteiger partial charge < -0.3 is 9.32 Å². The van der Waals surface area contributed by atoms with Gasteiger partial charge in [-0.1, -0.05) is 208 Å². The molecule has 2 heteroatoms. The molecule has 0 N–H and O–H groups in total. The van der Waals surface area contributed by atoms with E-state index in [4.69, 9.17) is 4.42 Å². The van der Waals surface area contributed by atoms with Gasteiger partial charge >= 0.3 is 0 Å². The standard InChI is InChI=1S/C68H47NO/c1-67(2)60-28-16-14-26-54(60)56-37-32-47(41-62(56)67)65-53-25-13-12-20-46(53)40-59-58-42-51(36-39-64(58)70-66(59)65)69(50-33-30-45(31-34-50)44-18-6-3-7-19-44)52-35-38-57-55-27-15-17-29-61(55)68(63(57)43-52,48-21-8-4-9-22-48)49-23-10-5-11-24-49/h3-43H,1-2H3. The lowest BCUT2D eigenvalue weighted by molar-refractivity contribution is 0.660. The third kappa shape index (κ3) is 5.87. The highest BCUT2D eigenvalue weighted by Crippen LogP contribution is 2.58. The van der Waals surface area contributed by atoms with Gasteiger partial charge in [-0.3, -0.25) is 0 Å². The average molecular weight is 894 g/mol. The molecule has 0 amide bonds. The van der Waals surface area contributed by atoms with Gasteiger partial charge in [0.2, 0.25) is 0 Å². The largest absolute Gasteiger partial charge is 0.455 e. The van der Waals surface area contributed by atoms with Crippen molar-refractivity contribution in [3.8, 4) is 44.5 Å². The van der Waals surface area contributed by atoms with Crippen molar-refractivity contribution in [2.24, 2.45) is 0 Å². The molecule has 2 aliphatic rings. The molecule has 70 heavy (non-hydrogen) atoms. The fourth-order valence-corrected chi connectivity index (χ4v) is 12.3. The third-order valence-electron chi connectivity index (χ3n) is 15.5. The Kier molecular flexibility index (Phi) is 8.88. The highest BCUT2D eigenvalue weighted by Gasteiger charge is 2.46. The molecule has 11 aromatic carbocycles. The molecule has 0 radical (unpaired) electrons. The van der Waals surface area contributed by atoms with Crippen LogP contribution in [0, 0.1) is 0 Å². The van der Waals surface area contributed by atoms with E-state index < -0.39 is 5.41 Å². The van der Waals surface area contributed by atoms with Crippen LogP contribution in [-0.4, -0.2) is 0 Å². The maximum atomic E-state index is 7.09. The number of hydrogen-bond donors (Lipinski definition) is 0. The lowest BCUT2D eigenvalue weighted by Crippen LogP contribution is -2.28. The van der Waals surface area contributed by atoms with E-state index in [0.29, 0.717) is 0 Å². The molecule has 330 valence electrons. The summed E-state index contributed by atoms with van der Waals surface area (Å²) in [4.78, 5) is 2.43. The van der Waals surface area contributed by atoms with Crippen molar-refractivity contribution in [2.75, 3.05) is 4.90 Å². The minimum atomic E-state index is -0.537. The summed E-state index contributed by atoms with van der Waals surface area (Å²) in [5.41, 5.74) is 21.9. The summed E-state index contributed by atoms with van der Waals surface area (Å²) in [5, 5.41) is 4.55. The lowest BCUT2D eigenvalue weighted by atomic mass is 9.67. The van der Waals surface area contributed by atoms with Gasteiger partial charge in [-0.25, -0.2) is 0 Å². The van der Waals surface area contributed by atoms with Crippen LogP contribution in [0.5, 0.6) is 0 Å². The third-order valence-corrected chi connectivity index (χ3v) is 15.5. The van der Waals surface area contributed by atoms with Crippen molar-refractivity contribution in [3.05, 3.63) is 282 Å². The molecule has 0 atom stereocenters. The SMILES string of the molecule is CC1(C)c2ccccc2-c2ccc(-c3c4ccccc4cc4c3oc3ccc(N(c5ccc(-c6ccccc6)cc5)c5ccc6c(c5)C(c5ccccc5)(c5ccccc5)c5ccccc5-6)cc34)cc21. The minimum absolute atomic E-state index is 0.126. The second kappa shape index (κ2) is 15.4. The van der Waals surface area contributed by atoms with Gasteiger partial charge in [0, 0.05) is 38.8 Å². The summed E-state index contributed by atoms with van der Waals surface area (Å²) in [6, 6.07) is 91.7. The number of anilines is 3. The molecule has 0 aliphatic heterocycles. The number of benzene rings is 11. The maximum absolute atomic E-state index is 7.09. The summed E-state index contributed by atoms with van der Waals surface area (Å²) < 4.78 is 7.09.